The molecule has 0 bridgehead atoms. The van der Waals surface area contributed by atoms with E-state index in [1.807, 2.05) is 0 Å². The van der Waals surface area contributed by atoms with E-state index in [2.05, 4.69) is 16.0 Å². The zero-order valence-corrected chi connectivity index (χ0v) is 16.3. The first kappa shape index (κ1) is 22.2. The van der Waals surface area contributed by atoms with Gasteiger partial charge in [0.2, 0.25) is 5.91 Å². The lowest BCUT2D eigenvalue weighted by molar-refractivity contribution is -0.137. The molecule has 1 heterocycles. The van der Waals surface area contributed by atoms with E-state index in [1.54, 1.807) is 0 Å². The molecule has 0 unspecified atom stereocenters. The van der Waals surface area contributed by atoms with Gasteiger partial charge in [-0.1, -0.05) is 11.6 Å². The Hall–Kier alpha value is -3.53. The number of carbonyl (C=O) groups excluding carboxylic acids is 2. The van der Waals surface area contributed by atoms with Gasteiger partial charge in [-0.15, -0.1) is 0 Å². The average Bonchev–Trinajstić information content (AvgIpc) is 3.24. The molecule has 162 valence electrons. The number of furan rings is 1. The van der Waals surface area contributed by atoms with Crippen LogP contribution >= 0.6 is 11.6 Å². The van der Waals surface area contributed by atoms with E-state index in [4.69, 9.17) is 16.0 Å². The highest BCUT2D eigenvalue weighted by Crippen LogP contribution is 2.36. The molecule has 0 aliphatic carbocycles. The maximum absolute atomic E-state index is 13.5. The van der Waals surface area contributed by atoms with Crippen molar-refractivity contribution in [3.8, 4) is 0 Å². The Labute approximate surface area is 178 Å². The van der Waals surface area contributed by atoms with Crippen LogP contribution in [0.2, 0.25) is 5.02 Å². The fraction of sp³-hybridized carbons (Fsp3) is 0.100. The molecule has 3 N–H and O–H groups in total. The van der Waals surface area contributed by atoms with E-state index in [-0.39, 0.29) is 27.6 Å². The predicted molar refractivity (Wildman–Crippen MR) is 107 cm³/mol. The number of hydrogen-bond acceptors (Lipinski definition) is 4. The minimum atomic E-state index is -4.75. The smallest absolute Gasteiger partial charge is 0.418 e. The molecule has 0 spiro atoms. The van der Waals surface area contributed by atoms with Crippen LogP contribution in [0, 0.1) is 5.82 Å². The van der Waals surface area contributed by atoms with E-state index in [1.165, 1.54) is 30.5 Å². The van der Waals surface area contributed by atoms with Crippen molar-refractivity contribution in [1.29, 1.82) is 0 Å². The van der Waals surface area contributed by atoms with Crippen molar-refractivity contribution < 1.29 is 31.6 Å². The molecule has 31 heavy (non-hydrogen) atoms. The summed E-state index contributed by atoms with van der Waals surface area (Å²) < 4.78 is 58.3. The molecule has 0 radical (unpaired) electrons. The lowest BCUT2D eigenvalue weighted by Crippen LogP contribution is -2.23. The monoisotopic (exact) mass is 455 g/mol. The van der Waals surface area contributed by atoms with Crippen molar-refractivity contribution in [1.82, 2.24) is 0 Å². The Morgan fingerprint density at radius 2 is 1.71 bits per heavy atom. The van der Waals surface area contributed by atoms with E-state index in [0.29, 0.717) is 0 Å². The summed E-state index contributed by atoms with van der Waals surface area (Å²) in [6.07, 6.45) is -2.34. The quantitative estimate of drug-likeness (QED) is 0.435. The second-order valence-corrected chi connectivity index (χ2v) is 6.66. The second kappa shape index (κ2) is 9.09. The Morgan fingerprint density at radius 1 is 1.00 bits per heavy atom. The van der Waals surface area contributed by atoms with Crippen molar-refractivity contribution in [2.75, 3.05) is 22.5 Å². The highest BCUT2D eigenvalue weighted by Gasteiger charge is 2.34. The number of alkyl halides is 3. The third-order valence-corrected chi connectivity index (χ3v) is 4.30. The van der Waals surface area contributed by atoms with Crippen LogP contribution in [0.1, 0.15) is 15.9 Å². The van der Waals surface area contributed by atoms with Gasteiger partial charge in [-0.05, 0) is 42.5 Å². The molecule has 0 aliphatic rings. The Balaban J connectivity index is 1.70. The average molecular weight is 456 g/mol. The predicted octanol–water partition coefficient (Wildman–Crippen LogP) is 5.39. The van der Waals surface area contributed by atoms with Gasteiger partial charge in [-0.2, -0.15) is 13.2 Å². The number of hydrogen-bond donors (Lipinski definition) is 3. The van der Waals surface area contributed by atoms with Gasteiger partial charge < -0.3 is 20.4 Å². The maximum Gasteiger partial charge on any atom is 0.418 e. The first-order chi connectivity index (χ1) is 14.6. The van der Waals surface area contributed by atoms with Crippen LogP contribution in [0.15, 0.2) is 59.4 Å². The second-order valence-electron chi connectivity index (χ2n) is 6.25. The summed E-state index contributed by atoms with van der Waals surface area (Å²) in [6.45, 7) is -0.501. The van der Waals surface area contributed by atoms with Crippen LogP contribution in [0.25, 0.3) is 0 Å². The Bertz CT molecular complexity index is 1100. The first-order valence-electron chi connectivity index (χ1n) is 8.67. The molecule has 3 aromatic rings. The van der Waals surface area contributed by atoms with Crippen LogP contribution in [0.4, 0.5) is 34.6 Å². The topological polar surface area (TPSA) is 83.4 Å². The first-order valence-corrected chi connectivity index (χ1v) is 9.05. The number of anilines is 3. The maximum atomic E-state index is 13.5. The summed E-state index contributed by atoms with van der Waals surface area (Å²) in [4.78, 5) is 24.0. The van der Waals surface area contributed by atoms with Crippen LogP contribution in [0.5, 0.6) is 0 Å². The minimum Gasteiger partial charge on any atom is -0.472 e. The summed E-state index contributed by atoms with van der Waals surface area (Å²) >= 11 is 5.62. The van der Waals surface area contributed by atoms with Gasteiger partial charge in [0.05, 0.1) is 29.0 Å². The number of rotatable bonds is 6. The van der Waals surface area contributed by atoms with E-state index < -0.39 is 35.9 Å². The fourth-order valence-corrected chi connectivity index (χ4v) is 2.74. The third-order valence-electron chi connectivity index (χ3n) is 4.01. The Kier molecular flexibility index (Phi) is 6.50. The highest BCUT2D eigenvalue weighted by molar-refractivity contribution is 6.31. The van der Waals surface area contributed by atoms with E-state index in [0.717, 1.165) is 24.5 Å². The molecule has 0 atom stereocenters. The zero-order chi connectivity index (χ0) is 22.6. The summed E-state index contributed by atoms with van der Waals surface area (Å²) in [5, 5.41) is 6.93. The molecule has 0 aliphatic heterocycles. The Morgan fingerprint density at radius 3 is 2.35 bits per heavy atom. The normalized spacial score (nSPS) is 11.1. The lowest BCUT2D eigenvalue weighted by atomic mass is 10.1. The van der Waals surface area contributed by atoms with Crippen molar-refractivity contribution in [2.45, 2.75) is 6.18 Å². The SMILES string of the molecule is O=C(CNc1ccc(NC(=O)c2ccoc2)cc1C(F)(F)F)Nc1ccc(F)c(Cl)c1. The van der Waals surface area contributed by atoms with Crippen LogP contribution < -0.4 is 16.0 Å². The molecule has 0 saturated carbocycles. The molecule has 6 nitrogen and oxygen atoms in total. The van der Waals surface area contributed by atoms with Gasteiger partial charge in [-0.3, -0.25) is 9.59 Å². The van der Waals surface area contributed by atoms with Crippen LogP contribution in [-0.4, -0.2) is 18.4 Å². The van der Waals surface area contributed by atoms with Crippen molar-refractivity contribution in [3.05, 3.63) is 77.0 Å². The largest absolute Gasteiger partial charge is 0.472 e. The highest BCUT2D eigenvalue weighted by atomic mass is 35.5. The van der Waals surface area contributed by atoms with Gasteiger partial charge in [0.15, 0.2) is 0 Å². The molecule has 11 heteroatoms. The molecule has 1 aromatic heterocycles. The molecule has 3 rings (SSSR count). The number of carbonyl (C=O) groups is 2. The molecular formula is C20H14ClF4N3O3. The van der Waals surface area contributed by atoms with Gasteiger partial charge in [0.1, 0.15) is 12.1 Å². The third kappa shape index (κ3) is 5.76. The zero-order valence-electron chi connectivity index (χ0n) is 15.5. The van der Waals surface area contributed by atoms with Gasteiger partial charge >= 0.3 is 6.18 Å². The van der Waals surface area contributed by atoms with Crippen molar-refractivity contribution in [2.24, 2.45) is 0 Å². The standard InChI is InChI=1S/C20H14ClF4N3O3/c21-15-8-13(1-3-16(15)22)27-18(29)9-26-17-4-2-12(7-14(17)20(23,24)25)28-19(30)11-5-6-31-10-11/h1-8,10,26H,9H2,(H,27,29)(H,28,30). The van der Waals surface area contributed by atoms with Gasteiger partial charge in [-0.25, -0.2) is 4.39 Å². The summed E-state index contributed by atoms with van der Waals surface area (Å²) in [7, 11) is 0. The molecule has 2 amide bonds. The summed E-state index contributed by atoms with van der Waals surface area (Å²) in [5.41, 5.74) is -1.19. The summed E-state index contributed by atoms with van der Waals surface area (Å²) in [6, 6.07) is 7.94. The van der Waals surface area contributed by atoms with Crippen LogP contribution in [-0.2, 0) is 11.0 Å². The molecular weight excluding hydrogens is 442 g/mol. The van der Waals surface area contributed by atoms with Crippen LogP contribution in [0.3, 0.4) is 0 Å². The van der Waals surface area contributed by atoms with Crippen molar-refractivity contribution in [3.63, 3.8) is 0 Å². The van der Waals surface area contributed by atoms with Gasteiger partial charge in [0, 0.05) is 17.1 Å². The summed E-state index contributed by atoms with van der Waals surface area (Å²) in [5.74, 6) is -1.99. The fourth-order valence-electron chi connectivity index (χ4n) is 2.56. The molecule has 2 aromatic carbocycles. The number of benzene rings is 2. The number of nitrogens with one attached hydrogen (secondary N) is 3. The minimum absolute atomic E-state index is 0.0884. The number of halogens is 5. The van der Waals surface area contributed by atoms with Gasteiger partial charge in [0.25, 0.3) is 5.91 Å². The van der Waals surface area contributed by atoms with E-state index >= 15 is 0 Å². The van der Waals surface area contributed by atoms with E-state index in [9.17, 15) is 27.2 Å². The number of amides is 2. The van der Waals surface area contributed by atoms with Crippen molar-refractivity contribution >= 4 is 40.5 Å². The lowest BCUT2D eigenvalue weighted by Gasteiger charge is -2.16. The molecule has 0 fully saturated rings. The molecule has 0 saturated heterocycles.